The number of anilines is 2. The van der Waals surface area contributed by atoms with Gasteiger partial charge in [0.2, 0.25) is 12.7 Å². The highest BCUT2D eigenvalue weighted by Crippen LogP contribution is 2.34. The normalized spacial score (nSPS) is 11.9. The van der Waals surface area contributed by atoms with Crippen LogP contribution in [0.4, 0.5) is 11.6 Å². The average Bonchev–Trinajstić information content (AvgIpc) is 3.15. The van der Waals surface area contributed by atoms with Gasteiger partial charge in [0, 0.05) is 24.5 Å². The molecule has 7 nitrogen and oxygen atoms in total. The van der Waals surface area contributed by atoms with E-state index in [-0.39, 0.29) is 18.4 Å². The molecule has 1 aliphatic heterocycles. The van der Waals surface area contributed by atoms with Gasteiger partial charge in [-0.15, -0.1) is 0 Å². The van der Waals surface area contributed by atoms with Gasteiger partial charge in [-0.3, -0.25) is 4.79 Å². The second kappa shape index (κ2) is 7.33. The van der Waals surface area contributed by atoms with Crippen LogP contribution in [0.5, 0.6) is 11.5 Å². The SMILES string of the molecule is Cc1ccc(CNc2nccc(C(=O)Nc3ccc4c(c3)OCO4)n2)cc1. The molecule has 0 radical (unpaired) electrons. The van der Waals surface area contributed by atoms with Crippen molar-refractivity contribution in [2.24, 2.45) is 0 Å². The second-order valence-corrected chi connectivity index (χ2v) is 6.13. The summed E-state index contributed by atoms with van der Waals surface area (Å²) in [6.07, 6.45) is 1.55. The Bertz CT molecular complexity index is 973. The third-order valence-corrected chi connectivity index (χ3v) is 4.09. The van der Waals surface area contributed by atoms with Crippen molar-refractivity contribution >= 4 is 17.5 Å². The molecule has 136 valence electrons. The Morgan fingerprint density at radius 1 is 1.07 bits per heavy atom. The van der Waals surface area contributed by atoms with Crippen LogP contribution < -0.4 is 20.1 Å². The van der Waals surface area contributed by atoms with Crippen LogP contribution >= 0.6 is 0 Å². The molecule has 2 heterocycles. The van der Waals surface area contributed by atoms with Gasteiger partial charge in [-0.1, -0.05) is 29.8 Å². The lowest BCUT2D eigenvalue weighted by Gasteiger charge is -2.08. The Morgan fingerprint density at radius 3 is 2.74 bits per heavy atom. The van der Waals surface area contributed by atoms with Crippen LogP contribution in [-0.4, -0.2) is 22.7 Å². The van der Waals surface area contributed by atoms with E-state index in [4.69, 9.17) is 9.47 Å². The molecule has 2 N–H and O–H groups in total. The van der Waals surface area contributed by atoms with Crippen LogP contribution in [0.1, 0.15) is 21.6 Å². The number of rotatable bonds is 5. The topological polar surface area (TPSA) is 85.4 Å². The molecule has 0 saturated carbocycles. The number of nitrogens with one attached hydrogen (secondary N) is 2. The smallest absolute Gasteiger partial charge is 0.274 e. The zero-order valence-electron chi connectivity index (χ0n) is 14.7. The van der Waals surface area contributed by atoms with Crippen molar-refractivity contribution in [3.05, 3.63) is 71.5 Å². The predicted octanol–water partition coefficient (Wildman–Crippen LogP) is 3.38. The number of benzene rings is 2. The van der Waals surface area contributed by atoms with Gasteiger partial charge in [0.15, 0.2) is 11.5 Å². The summed E-state index contributed by atoms with van der Waals surface area (Å²) in [5.74, 6) is 1.34. The number of nitrogens with zero attached hydrogens (tertiary/aromatic N) is 2. The molecule has 2 aromatic carbocycles. The number of hydrogen-bond donors (Lipinski definition) is 2. The molecule has 0 fully saturated rings. The number of aromatic nitrogens is 2. The quantitative estimate of drug-likeness (QED) is 0.724. The Hall–Kier alpha value is -3.61. The standard InChI is InChI=1S/C20H18N4O3/c1-13-2-4-14(5-3-13)11-22-20-21-9-8-16(24-20)19(25)23-15-6-7-17-18(10-15)27-12-26-17/h2-10H,11-12H2,1H3,(H,23,25)(H,21,22,24). The summed E-state index contributed by atoms with van der Waals surface area (Å²) >= 11 is 0. The molecule has 0 unspecified atom stereocenters. The van der Waals surface area contributed by atoms with Crippen LogP contribution in [-0.2, 0) is 6.54 Å². The van der Waals surface area contributed by atoms with Gasteiger partial charge < -0.3 is 20.1 Å². The summed E-state index contributed by atoms with van der Waals surface area (Å²) in [6, 6.07) is 15.0. The molecule has 7 heteroatoms. The monoisotopic (exact) mass is 362 g/mol. The molecule has 27 heavy (non-hydrogen) atoms. The molecule has 1 aliphatic rings. The third-order valence-electron chi connectivity index (χ3n) is 4.09. The van der Waals surface area contributed by atoms with Crippen LogP contribution in [0.3, 0.4) is 0 Å². The first-order valence-corrected chi connectivity index (χ1v) is 8.51. The average molecular weight is 362 g/mol. The van der Waals surface area contributed by atoms with Crippen LogP contribution in [0.25, 0.3) is 0 Å². The number of carbonyl (C=O) groups excluding carboxylic acids is 1. The third kappa shape index (κ3) is 3.98. The van der Waals surface area contributed by atoms with E-state index < -0.39 is 0 Å². The fraction of sp³-hybridized carbons (Fsp3) is 0.150. The predicted molar refractivity (Wildman–Crippen MR) is 101 cm³/mol. The number of carbonyl (C=O) groups is 1. The van der Waals surface area contributed by atoms with Crippen LogP contribution in [0.2, 0.25) is 0 Å². The minimum atomic E-state index is -0.324. The number of amides is 1. The first-order chi connectivity index (χ1) is 13.2. The largest absolute Gasteiger partial charge is 0.454 e. The van der Waals surface area contributed by atoms with E-state index in [1.807, 2.05) is 31.2 Å². The maximum Gasteiger partial charge on any atom is 0.274 e. The van der Waals surface area contributed by atoms with E-state index in [0.29, 0.717) is 29.7 Å². The number of fused-ring (bicyclic) bond motifs is 1. The number of aryl methyl sites for hydroxylation is 1. The summed E-state index contributed by atoms with van der Waals surface area (Å²) in [5, 5.41) is 5.94. The number of ether oxygens (including phenoxy) is 2. The second-order valence-electron chi connectivity index (χ2n) is 6.13. The first-order valence-electron chi connectivity index (χ1n) is 8.51. The summed E-state index contributed by atoms with van der Waals surface area (Å²) in [5.41, 5.74) is 3.20. The van der Waals surface area contributed by atoms with Crippen molar-refractivity contribution < 1.29 is 14.3 Å². The highest BCUT2D eigenvalue weighted by molar-refractivity contribution is 6.03. The maximum absolute atomic E-state index is 12.5. The Kier molecular flexibility index (Phi) is 4.57. The van der Waals surface area contributed by atoms with Crippen molar-refractivity contribution in [3.63, 3.8) is 0 Å². The minimum Gasteiger partial charge on any atom is -0.454 e. The van der Waals surface area contributed by atoms with Gasteiger partial charge in [0.25, 0.3) is 5.91 Å². The van der Waals surface area contributed by atoms with Crippen LogP contribution in [0.15, 0.2) is 54.7 Å². The molecule has 1 aromatic heterocycles. The fourth-order valence-corrected chi connectivity index (χ4v) is 2.63. The lowest BCUT2D eigenvalue weighted by molar-refractivity contribution is 0.102. The highest BCUT2D eigenvalue weighted by Gasteiger charge is 2.15. The lowest BCUT2D eigenvalue weighted by Crippen LogP contribution is -2.15. The summed E-state index contributed by atoms with van der Waals surface area (Å²) < 4.78 is 10.6. The summed E-state index contributed by atoms with van der Waals surface area (Å²) in [6.45, 7) is 2.81. The molecule has 4 rings (SSSR count). The Labute approximate surface area is 156 Å². The van der Waals surface area contributed by atoms with E-state index in [2.05, 4.69) is 20.6 Å². The molecule has 3 aromatic rings. The van der Waals surface area contributed by atoms with E-state index in [1.165, 1.54) is 5.56 Å². The molecule has 0 spiro atoms. The van der Waals surface area contributed by atoms with E-state index in [9.17, 15) is 4.79 Å². The van der Waals surface area contributed by atoms with E-state index in [1.54, 1.807) is 30.5 Å². The van der Waals surface area contributed by atoms with Gasteiger partial charge in [0.05, 0.1) is 0 Å². The Balaban J connectivity index is 1.42. The van der Waals surface area contributed by atoms with Gasteiger partial charge in [0.1, 0.15) is 5.69 Å². The molecule has 0 saturated heterocycles. The van der Waals surface area contributed by atoms with Gasteiger partial charge in [-0.05, 0) is 30.7 Å². The highest BCUT2D eigenvalue weighted by atomic mass is 16.7. The molecular weight excluding hydrogens is 344 g/mol. The van der Waals surface area contributed by atoms with Crippen molar-refractivity contribution in [3.8, 4) is 11.5 Å². The zero-order chi connectivity index (χ0) is 18.6. The Morgan fingerprint density at radius 2 is 1.89 bits per heavy atom. The van der Waals surface area contributed by atoms with Crippen molar-refractivity contribution in [1.29, 1.82) is 0 Å². The van der Waals surface area contributed by atoms with E-state index in [0.717, 1.165) is 5.56 Å². The van der Waals surface area contributed by atoms with E-state index >= 15 is 0 Å². The van der Waals surface area contributed by atoms with Gasteiger partial charge >= 0.3 is 0 Å². The zero-order valence-corrected chi connectivity index (χ0v) is 14.7. The van der Waals surface area contributed by atoms with Crippen molar-refractivity contribution in [2.45, 2.75) is 13.5 Å². The summed E-state index contributed by atoms with van der Waals surface area (Å²) in [7, 11) is 0. The van der Waals surface area contributed by atoms with Crippen molar-refractivity contribution in [2.75, 3.05) is 17.4 Å². The van der Waals surface area contributed by atoms with Crippen LogP contribution in [0, 0.1) is 6.92 Å². The summed E-state index contributed by atoms with van der Waals surface area (Å²) in [4.78, 5) is 20.9. The molecule has 0 aliphatic carbocycles. The van der Waals surface area contributed by atoms with Crippen molar-refractivity contribution in [1.82, 2.24) is 9.97 Å². The minimum absolute atomic E-state index is 0.189. The lowest BCUT2D eigenvalue weighted by atomic mass is 10.1. The molecule has 0 atom stereocenters. The van der Waals surface area contributed by atoms with Gasteiger partial charge in [-0.25, -0.2) is 9.97 Å². The molecule has 0 bridgehead atoms. The molecule has 1 amide bonds. The number of hydrogen-bond acceptors (Lipinski definition) is 6. The maximum atomic E-state index is 12.5. The first kappa shape index (κ1) is 16.8. The molecular formula is C20H18N4O3. The fourth-order valence-electron chi connectivity index (χ4n) is 2.63. The van der Waals surface area contributed by atoms with Gasteiger partial charge in [-0.2, -0.15) is 0 Å².